The van der Waals surface area contributed by atoms with Gasteiger partial charge in [-0.25, -0.2) is 4.98 Å². The van der Waals surface area contributed by atoms with E-state index in [4.69, 9.17) is 9.15 Å². The topological polar surface area (TPSA) is 81.4 Å². The summed E-state index contributed by atoms with van der Waals surface area (Å²) >= 11 is 0. The second-order valence-electron chi connectivity index (χ2n) is 8.00. The minimum atomic E-state index is -0.182. The van der Waals surface area contributed by atoms with E-state index in [1.165, 1.54) is 0 Å². The quantitative estimate of drug-likeness (QED) is 0.562. The van der Waals surface area contributed by atoms with Crippen LogP contribution in [0.2, 0.25) is 0 Å². The number of carbonyl (C=O) groups is 2. The van der Waals surface area contributed by atoms with Crippen LogP contribution in [-0.2, 0) is 10.2 Å². The van der Waals surface area contributed by atoms with E-state index >= 15 is 0 Å². The van der Waals surface area contributed by atoms with Crippen molar-refractivity contribution >= 4 is 28.5 Å². The minimum absolute atomic E-state index is 0.0131. The first-order valence-corrected chi connectivity index (χ1v) is 9.64. The van der Waals surface area contributed by atoms with Gasteiger partial charge in [-0.1, -0.05) is 20.8 Å². The van der Waals surface area contributed by atoms with Crippen LogP contribution in [0, 0.1) is 0 Å². The summed E-state index contributed by atoms with van der Waals surface area (Å²) in [5.41, 5.74) is 2.51. The van der Waals surface area contributed by atoms with Crippen molar-refractivity contribution in [3.63, 3.8) is 0 Å². The van der Waals surface area contributed by atoms with Gasteiger partial charge in [0.25, 0.3) is 0 Å². The normalized spacial score (nSPS) is 11.4. The van der Waals surface area contributed by atoms with Gasteiger partial charge in [-0.05, 0) is 48.9 Å². The molecule has 152 valence electrons. The van der Waals surface area contributed by atoms with E-state index < -0.39 is 0 Å². The minimum Gasteiger partial charge on any atom is -0.497 e. The molecular formula is C23H26N2O4. The first-order valence-electron chi connectivity index (χ1n) is 9.64. The average Bonchev–Trinajstić information content (AvgIpc) is 3.12. The monoisotopic (exact) mass is 394 g/mol. The number of ether oxygens (including phenoxy) is 1. The predicted octanol–water partition coefficient (Wildman–Crippen LogP) is 5.13. The molecule has 0 fully saturated rings. The number of aromatic nitrogens is 1. The number of benzene rings is 2. The molecule has 0 saturated heterocycles. The molecule has 0 aliphatic carbocycles. The number of hydrogen-bond acceptors (Lipinski definition) is 5. The lowest BCUT2D eigenvalue weighted by atomic mass is 9.97. The van der Waals surface area contributed by atoms with Gasteiger partial charge in [0.2, 0.25) is 11.8 Å². The lowest BCUT2D eigenvalue weighted by molar-refractivity contribution is -0.116. The molecule has 0 radical (unpaired) electrons. The van der Waals surface area contributed by atoms with E-state index in [9.17, 15) is 9.59 Å². The fourth-order valence-electron chi connectivity index (χ4n) is 2.88. The summed E-state index contributed by atoms with van der Waals surface area (Å²) in [6, 6.07) is 12.4. The Balaban J connectivity index is 1.53. The van der Waals surface area contributed by atoms with Gasteiger partial charge < -0.3 is 14.5 Å². The molecule has 0 atom stereocenters. The van der Waals surface area contributed by atoms with E-state index in [2.05, 4.69) is 10.3 Å². The number of fused-ring (bicyclic) bond motifs is 1. The second-order valence-corrected chi connectivity index (χ2v) is 8.00. The van der Waals surface area contributed by atoms with Gasteiger partial charge in [0.15, 0.2) is 11.4 Å². The maximum Gasteiger partial charge on any atom is 0.224 e. The predicted molar refractivity (Wildman–Crippen MR) is 113 cm³/mol. The molecule has 29 heavy (non-hydrogen) atoms. The lowest BCUT2D eigenvalue weighted by Crippen LogP contribution is -2.12. The molecule has 6 nitrogen and oxygen atoms in total. The Kier molecular flexibility index (Phi) is 6.01. The Morgan fingerprint density at radius 3 is 2.45 bits per heavy atom. The molecule has 1 amide bonds. The van der Waals surface area contributed by atoms with Gasteiger partial charge in [0, 0.05) is 29.5 Å². The SMILES string of the molecule is COc1ccc(C(=O)CCCC(=O)Nc2ccc3oc(C(C)(C)C)nc3c2)cc1. The first-order chi connectivity index (χ1) is 13.8. The van der Waals surface area contributed by atoms with Crippen molar-refractivity contribution in [1.29, 1.82) is 0 Å². The second kappa shape index (κ2) is 8.47. The molecule has 3 rings (SSSR count). The van der Waals surface area contributed by atoms with Crippen LogP contribution in [0.3, 0.4) is 0 Å². The number of hydrogen-bond donors (Lipinski definition) is 1. The molecule has 1 aromatic heterocycles. The molecule has 1 N–H and O–H groups in total. The number of ketones is 1. The number of nitrogens with one attached hydrogen (secondary N) is 1. The van der Waals surface area contributed by atoms with Crippen LogP contribution >= 0.6 is 0 Å². The molecule has 2 aromatic carbocycles. The van der Waals surface area contributed by atoms with Crippen LogP contribution in [0.15, 0.2) is 46.9 Å². The zero-order chi connectivity index (χ0) is 21.0. The Labute approximate surface area is 170 Å². The molecular weight excluding hydrogens is 368 g/mol. The van der Waals surface area contributed by atoms with Gasteiger partial charge in [-0.3, -0.25) is 9.59 Å². The molecule has 3 aromatic rings. The number of amides is 1. The van der Waals surface area contributed by atoms with Crippen LogP contribution in [0.5, 0.6) is 5.75 Å². The van der Waals surface area contributed by atoms with E-state index in [1.54, 1.807) is 49.6 Å². The number of anilines is 1. The average molecular weight is 394 g/mol. The van der Waals surface area contributed by atoms with Crippen molar-refractivity contribution in [2.24, 2.45) is 0 Å². The molecule has 0 aliphatic rings. The summed E-state index contributed by atoms with van der Waals surface area (Å²) in [7, 11) is 1.58. The molecule has 0 spiro atoms. The van der Waals surface area contributed by atoms with Crippen molar-refractivity contribution in [1.82, 2.24) is 4.98 Å². The number of Topliss-reactive ketones (excluding diaryl/α,β-unsaturated/α-hetero) is 1. The van der Waals surface area contributed by atoms with Crippen LogP contribution in [0.1, 0.15) is 56.3 Å². The zero-order valence-electron chi connectivity index (χ0n) is 17.2. The number of methoxy groups -OCH3 is 1. The third-order valence-corrected chi connectivity index (χ3v) is 4.53. The molecule has 0 bridgehead atoms. The van der Waals surface area contributed by atoms with Crippen LogP contribution in [0.4, 0.5) is 5.69 Å². The number of nitrogens with zero attached hydrogens (tertiary/aromatic N) is 1. The highest BCUT2D eigenvalue weighted by Gasteiger charge is 2.21. The van der Waals surface area contributed by atoms with E-state index in [0.29, 0.717) is 46.8 Å². The van der Waals surface area contributed by atoms with Crippen molar-refractivity contribution in [2.75, 3.05) is 12.4 Å². The Morgan fingerprint density at radius 1 is 1.07 bits per heavy atom. The highest BCUT2D eigenvalue weighted by Crippen LogP contribution is 2.27. The maximum atomic E-state index is 12.2. The molecule has 6 heteroatoms. The van der Waals surface area contributed by atoms with Gasteiger partial charge in [0.1, 0.15) is 11.3 Å². The summed E-state index contributed by atoms with van der Waals surface area (Å²) in [5, 5.41) is 2.86. The van der Waals surface area contributed by atoms with E-state index in [1.807, 2.05) is 20.8 Å². The summed E-state index contributed by atoms with van der Waals surface area (Å²) in [6.07, 6.45) is 1.07. The van der Waals surface area contributed by atoms with Crippen LogP contribution < -0.4 is 10.1 Å². The Morgan fingerprint density at radius 2 is 1.79 bits per heavy atom. The third-order valence-electron chi connectivity index (χ3n) is 4.53. The summed E-state index contributed by atoms with van der Waals surface area (Å²) < 4.78 is 10.9. The van der Waals surface area contributed by atoms with Gasteiger partial charge in [0.05, 0.1) is 7.11 Å². The van der Waals surface area contributed by atoms with Crippen LogP contribution in [0.25, 0.3) is 11.1 Å². The van der Waals surface area contributed by atoms with Crippen LogP contribution in [-0.4, -0.2) is 23.8 Å². The highest BCUT2D eigenvalue weighted by atomic mass is 16.5. The third kappa shape index (κ3) is 5.22. The van der Waals surface area contributed by atoms with Gasteiger partial charge >= 0.3 is 0 Å². The summed E-state index contributed by atoms with van der Waals surface area (Å²) in [5.74, 6) is 1.25. The number of carbonyl (C=O) groups excluding carboxylic acids is 2. The standard InChI is InChI=1S/C23H26N2O4/c1-23(2,3)22-25-18-14-16(10-13-20(18)29-22)24-21(27)7-5-6-19(26)15-8-11-17(28-4)12-9-15/h8-14H,5-7H2,1-4H3,(H,24,27). The smallest absolute Gasteiger partial charge is 0.224 e. The Bertz CT molecular complexity index is 1010. The Hall–Kier alpha value is -3.15. The first kappa shape index (κ1) is 20.6. The lowest BCUT2D eigenvalue weighted by Gasteiger charge is -2.11. The van der Waals surface area contributed by atoms with E-state index in [0.717, 1.165) is 0 Å². The van der Waals surface area contributed by atoms with Crippen molar-refractivity contribution in [3.8, 4) is 5.75 Å². The molecule has 0 unspecified atom stereocenters. The highest BCUT2D eigenvalue weighted by molar-refractivity contribution is 5.97. The fraction of sp³-hybridized carbons (Fsp3) is 0.348. The largest absolute Gasteiger partial charge is 0.497 e. The summed E-state index contributed by atoms with van der Waals surface area (Å²) in [4.78, 5) is 29.0. The van der Waals surface area contributed by atoms with Crippen molar-refractivity contribution in [3.05, 3.63) is 53.9 Å². The maximum absolute atomic E-state index is 12.2. The zero-order valence-corrected chi connectivity index (χ0v) is 17.2. The fourth-order valence-corrected chi connectivity index (χ4v) is 2.88. The molecule has 0 saturated carbocycles. The van der Waals surface area contributed by atoms with Gasteiger partial charge in [-0.2, -0.15) is 0 Å². The number of oxazole rings is 1. The van der Waals surface area contributed by atoms with Gasteiger partial charge in [-0.15, -0.1) is 0 Å². The van der Waals surface area contributed by atoms with Crippen molar-refractivity contribution < 1.29 is 18.7 Å². The molecule has 1 heterocycles. The van der Waals surface area contributed by atoms with Crippen molar-refractivity contribution in [2.45, 2.75) is 45.4 Å². The molecule has 0 aliphatic heterocycles. The number of rotatable bonds is 7. The van der Waals surface area contributed by atoms with E-state index in [-0.39, 0.29) is 23.5 Å². The summed E-state index contributed by atoms with van der Waals surface area (Å²) in [6.45, 7) is 6.11.